The second-order valence-corrected chi connectivity index (χ2v) is 9.90. The van der Waals surface area contributed by atoms with Crippen molar-refractivity contribution in [3.05, 3.63) is 53.2 Å². The highest BCUT2D eigenvalue weighted by molar-refractivity contribution is 7.93. The number of hydrogen-bond donors (Lipinski definition) is 2. The maximum absolute atomic E-state index is 13.6. The second-order valence-electron chi connectivity index (χ2n) is 7.67. The summed E-state index contributed by atoms with van der Waals surface area (Å²) >= 11 is 0. The third-order valence-corrected chi connectivity index (χ3v) is 8.25. The molecule has 0 atom stereocenters. The third-order valence-electron chi connectivity index (χ3n) is 5.60. The normalized spacial score (nSPS) is 15.4. The highest BCUT2D eigenvalue weighted by atomic mass is 32.2. The van der Waals surface area contributed by atoms with E-state index in [1.807, 2.05) is 13.0 Å². The molecule has 1 aliphatic rings. The van der Waals surface area contributed by atoms with E-state index in [4.69, 9.17) is 5.26 Å². The largest absolute Gasteiger partial charge is 0.367 e. The quantitative estimate of drug-likeness (QED) is 0.659. The Hall–Kier alpha value is -2.92. The molecule has 1 saturated carbocycles. The van der Waals surface area contributed by atoms with Crippen LogP contribution < -0.4 is 10.6 Å². The molecule has 8 heteroatoms. The molecule has 2 N–H and O–H groups in total. The van der Waals surface area contributed by atoms with Crippen LogP contribution in [0.15, 0.2) is 41.4 Å². The number of sulfone groups is 1. The first kappa shape index (κ1) is 21.8. The molecule has 1 amide bonds. The lowest BCUT2D eigenvalue weighted by Crippen LogP contribution is -2.51. The minimum Gasteiger partial charge on any atom is -0.367 e. The number of anilines is 1. The fourth-order valence-electron chi connectivity index (χ4n) is 3.93. The molecule has 7 nitrogen and oxygen atoms in total. The first-order chi connectivity index (χ1) is 14.3. The zero-order chi connectivity index (χ0) is 21.8. The number of rotatable bonds is 7. The van der Waals surface area contributed by atoms with Crippen LogP contribution in [0.4, 0.5) is 5.82 Å². The molecule has 1 aromatic heterocycles. The number of pyridine rings is 1. The number of nitrogens with one attached hydrogen (secondary N) is 2. The number of benzene rings is 1. The molecule has 2 aromatic rings. The topological polar surface area (TPSA) is 112 Å². The van der Waals surface area contributed by atoms with Crippen LogP contribution in [0.25, 0.3) is 0 Å². The van der Waals surface area contributed by atoms with E-state index >= 15 is 0 Å². The summed E-state index contributed by atoms with van der Waals surface area (Å²) in [6.07, 6.45) is 3.62. The molecule has 0 radical (unpaired) electrons. The van der Waals surface area contributed by atoms with E-state index in [1.165, 1.54) is 0 Å². The van der Waals surface area contributed by atoms with Gasteiger partial charge in [0.25, 0.3) is 0 Å². The minimum atomic E-state index is -3.84. The Labute approximate surface area is 177 Å². The molecule has 0 aliphatic heterocycles. The van der Waals surface area contributed by atoms with Crippen LogP contribution in [0.3, 0.4) is 0 Å². The highest BCUT2D eigenvalue weighted by Gasteiger charge is 2.53. The SMILES string of the molecule is Cc1ccc(C)c(S(=O)(=O)C2(C(=O)NCCNc3ncccc3C#N)CCCC2)c1. The summed E-state index contributed by atoms with van der Waals surface area (Å²) in [5.41, 5.74) is 1.91. The van der Waals surface area contributed by atoms with Crippen LogP contribution in [0.5, 0.6) is 0 Å². The smallest absolute Gasteiger partial charge is 0.241 e. The fraction of sp³-hybridized carbons (Fsp3) is 0.409. The minimum absolute atomic E-state index is 0.227. The van der Waals surface area contributed by atoms with Crippen LogP contribution in [-0.2, 0) is 14.6 Å². The first-order valence-electron chi connectivity index (χ1n) is 10.0. The third kappa shape index (κ3) is 4.03. The molecule has 0 bridgehead atoms. The van der Waals surface area contributed by atoms with Gasteiger partial charge in [0.1, 0.15) is 11.9 Å². The Morgan fingerprint density at radius 1 is 1.20 bits per heavy atom. The van der Waals surface area contributed by atoms with Gasteiger partial charge in [0.15, 0.2) is 14.6 Å². The van der Waals surface area contributed by atoms with Crippen LogP contribution in [0.1, 0.15) is 42.4 Å². The molecular weight excluding hydrogens is 400 g/mol. The van der Waals surface area contributed by atoms with Crippen molar-refractivity contribution in [1.82, 2.24) is 10.3 Å². The maximum atomic E-state index is 13.6. The van der Waals surface area contributed by atoms with Crippen molar-refractivity contribution in [2.24, 2.45) is 0 Å². The van der Waals surface area contributed by atoms with Gasteiger partial charge in [0.05, 0.1) is 10.5 Å². The Bertz CT molecular complexity index is 1080. The van der Waals surface area contributed by atoms with Crippen LogP contribution in [-0.4, -0.2) is 37.1 Å². The van der Waals surface area contributed by atoms with Gasteiger partial charge in [-0.2, -0.15) is 5.26 Å². The summed E-state index contributed by atoms with van der Waals surface area (Å²) < 4.78 is 25.7. The summed E-state index contributed by atoms with van der Waals surface area (Å²) in [7, 11) is -3.84. The van der Waals surface area contributed by atoms with Crippen LogP contribution in [0.2, 0.25) is 0 Å². The molecule has 1 aliphatic carbocycles. The van der Waals surface area contributed by atoms with Gasteiger partial charge in [-0.1, -0.05) is 25.0 Å². The van der Waals surface area contributed by atoms with Gasteiger partial charge in [-0.3, -0.25) is 4.79 Å². The van der Waals surface area contributed by atoms with E-state index in [0.29, 0.717) is 49.2 Å². The number of carbonyl (C=O) groups is 1. The predicted octanol–water partition coefficient (Wildman–Crippen LogP) is 2.88. The number of carbonyl (C=O) groups excluding carboxylic acids is 1. The molecular formula is C22H26N4O3S. The Kier molecular flexibility index (Phi) is 6.42. The van der Waals surface area contributed by atoms with E-state index in [9.17, 15) is 13.2 Å². The van der Waals surface area contributed by atoms with Crippen LogP contribution >= 0.6 is 0 Å². The van der Waals surface area contributed by atoms with E-state index < -0.39 is 20.5 Å². The summed E-state index contributed by atoms with van der Waals surface area (Å²) in [6, 6.07) is 10.7. The van der Waals surface area contributed by atoms with Gasteiger partial charge < -0.3 is 10.6 Å². The summed E-state index contributed by atoms with van der Waals surface area (Å²) in [5, 5.41) is 14.9. The van der Waals surface area contributed by atoms with Gasteiger partial charge in [-0.15, -0.1) is 0 Å². The Morgan fingerprint density at radius 2 is 1.93 bits per heavy atom. The lowest BCUT2D eigenvalue weighted by Gasteiger charge is -2.28. The lowest BCUT2D eigenvalue weighted by molar-refractivity contribution is -0.123. The molecule has 0 spiro atoms. The van der Waals surface area contributed by atoms with Gasteiger partial charge in [0, 0.05) is 19.3 Å². The predicted molar refractivity (Wildman–Crippen MR) is 115 cm³/mol. The van der Waals surface area contributed by atoms with Gasteiger partial charge in [0.2, 0.25) is 5.91 Å². The number of amides is 1. The molecule has 0 saturated heterocycles. The number of aromatic nitrogens is 1. The van der Waals surface area contributed by atoms with Crippen LogP contribution in [0, 0.1) is 25.2 Å². The zero-order valence-corrected chi connectivity index (χ0v) is 18.1. The summed E-state index contributed by atoms with van der Waals surface area (Å²) in [5.74, 6) is -0.0166. The zero-order valence-electron chi connectivity index (χ0n) is 17.2. The highest BCUT2D eigenvalue weighted by Crippen LogP contribution is 2.41. The van der Waals surface area contributed by atoms with E-state index in [2.05, 4.69) is 21.7 Å². The standard InChI is InChI=1S/C22H26N4O3S/c1-16-7-8-17(2)19(14-16)30(28,29)22(9-3-4-10-22)21(27)26-13-12-25-20-18(15-23)6-5-11-24-20/h5-8,11,14H,3-4,9-10,12-13H2,1-2H3,(H,24,25)(H,26,27). The lowest BCUT2D eigenvalue weighted by atomic mass is 10.1. The average Bonchev–Trinajstić information content (AvgIpc) is 3.25. The van der Waals surface area contributed by atoms with Crippen molar-refractivity contribution in [3.63, 3.8) is 0 Å². The fourth-order valence-corrected chi connectivity index (χ4v) is 6.32. The molecule has 158 valence electrons. The molecule has 3 rings (SSSR count). The van der Waals surface area contributed by atoms with Crippen molar-refractivity contribution in [1.29, 1.82) is 5.26 Å². The summed E-state index contributed by atoms with van der Waals surface area (Å²) in [4.78, 5) is 17.5. The van der Waals surface area contributed by atoms with Gasteiger partial charge in [-0.25, -0.2) is 13.4 Å². The Morgan fingerprint density at radius 3 is 2.63 bits per heavy atom. The van der Waals surface area contributed by atoms with E-state index in [-0.39, 0.29) is 11.4 Å². The monoisotopic (exact) mass is 426 g/mol. The maximum Gasteiger partial charge on any atom is 0.241 e. The number of hydrogen-bond acceptors (Lipinski definition) is 6. The van der Waals surface area contributed by atoms with Gasteiger partial charge >= 0.3 is 0 Å². The van der Waals surface area contributed by atoms with E-state index in [0.717, 1.165) is 5.56 Å². The number of nitrogens with zero attached hydrogens (tertiary/aromatic N) is 2. The van der Waals surface area contributed by atoms with Crippen molar-refractivity contribution in [3.8, 4) is 6.07 Å². The molecule has 0 unspecified atom stereocenters. The van der Waals surface area contributed by atoms with Crippen molar-refractivity contribution >= 4 is 21.6 Å². The van der Waals surface area contributed by atoms with E-state index in [1.54, 1.807) is 37.4 Å². The second kappa shape index (κ2) is 8.84. The van der Waals surface area contributed by atoms with Crippen molar-refractivity contribution < 1.29 is 13.2 Å². The first-order valence-corrected chi connectivity index (χ1v) is 11.5. The van der Waals surface area contributed by atoms with Gasteiger partial charge in [-0.05, 0) is 56.0 Å². The Balaban J connectivity index is 1.75. The average molecular weight is 427 g/mol. The van der Waals surface area contributed by atoms with Crippen molar-refractivity contribution in [2.45, 2.75) is 49.2 Å². The summed E-state index contributed by atoms with van der Waals surface area (Å²) in [6.45, 7) is 4.16. The number of aryl methyl sites for hydroxylation is 2. The molecule has 1 fully saturated rings. The van der Waals surface area contributed by atoms with Crippen molar-refractivity contribution in [2.75, 3.05) is 18.4 Å². The molecule has 1 heterocycles. The molecule has 1 aromatic carbocycles. The molecule has 30 heavy (non-hydrogen) atoms. The number of nitriles is 1.